The van der Waals surface area contributed by atoms with E-state index in [1.807, 2.05) is 0 Å². The molecule has 0 spiro atoms. The number of anilines is 1. The fraction of sp³-hybridized carbons (Fsp3) is 0. The average Bonchev–Trinajstić information content (AvgIpc) is 2.73. The lowest BCUT2D eigenvalue weighted by Crippen LogP contribution is -2.41. The van der Waals surface area contributed by atoms with E-state index in [9.17, 15) is 19.5 Å². The van der Waals surface area contributed by atoms with Gasteiger partial charge < -0.3 is 10.4 Å². The third-order valence-electron chi connectivity index (χ3n) is 5.19. The number of fused-ring (bicyclic) bond motifs is 2. The Morgan fingerprint density at radius 1 is 0.967 bits per heavy atom. The van der Waals surface area contributed by atoms with Gasteiger partial charge in [-0.1, -0.05) is 35.9 Å². The molecule has 0 atom stereocenters. The molecule has 146 valence electrons. The standard InChI is InChI=1S/C22H12ClN3O4/c23-12-6-1-2-7-13(12)25-18-15-11(17(24)19(27)20(18)28)8-9-4-3-5-10-14(9)16(15)22(30)26-21(10)29/h1-8,24-25H,(H2,26,29,30). The molecular formula is C22H12ClN3O4. The number of H-pyrrole nitrogens is 1. The second kappa shape index (κ2) is 6.27. The number of halogens is 1. The van der Waals surface area contributed by atoms with Crippen LogP contribution in [0, 0.1) is 5.41 Å². The topological polar surface area (TPSA) is 123 Å². The summed E-state index contributed by atoms with van der Waals surface area (Å²) >= 11 is 6.21. The molecule has 5 rings (SSSR count). The zero-order valence-corrected chi connectivity index (χ0v) is 15.9. The quantitative estimate of drug-likeness (QED) is 0.373. The van der Waals surface area contributed by atoms with E-state index in [1.54, 1.807) is 48.5 Å². The normalized spacial score (nSPS) is 13.9. The number of Topliss-reactive ketones (excluding diaryl/α,β-unsaturated/α-hetero) is 2. The van der Waals surface area contributed by atoms with E-state index in [-0.39, 0.29) is 27.7 Å². The fourth-order valence-electron chi connectivity index (χ4n) is 3.85. The van der Waals surface area contributed by atoms with Crippen molar-refractivity contribution >= 4 is 61.8 Å². The first kappa shape index (κ1) is 18.1. The number of carbonyl (C=O) groups is 2. The number of benzene rings is 3. The highest BCUT2D eigenvalue weighted by Crippen LogP contribution is 2.30. The van der Waals surface area contributed by atoms with Gasteiger partial charge in [-0.2, -0.15) is 0 Å². The second-order valence-corrected chi connectivity index (χ2v) is 7.30. The second-order valence-electron chi connectivity index (χ2n) is 6.89. The molecule has 7 nitrogen and oxygen atoms in total. The molecule has 3 aromatic carbocycles. The molecule has 0 fully saturated rings. The van der Waals surface area contributed by atoms with Crippen LogP contribution >= 0.6 is 11.6 Å². The molecule has 0 radical (unpaired) electrons. The first-order valence-electron chi connectivity index (χ1n) is 8.92. The number of nitrogens with one attached hydrogen (secondary N) is 3. The Labute approximate surface area is 173 Å². The van der Waals surface area contributed by atoms with Crippen LogP contribution in [0.25, 0.3) is 27.2 Å². The lowest BCUT2D eigenvalue weighted by Gasteiger charge is -2.20. The number of pyridine rings is 1. The summed E-state index contributed by atoms with van der Waals surface area (Å²) in [5.41, 5.74) is -0.732. The van der Waals surface area contributed by atoms with Gasteiger partial charge in [0.2, 0.25) is 0 Å². The van der Waals surface area contributed by atoms with Gasteiger partial charge in [-0.15, -0.1) is 0 Å². The predicted molar refractivity (Wildman–Crippen MR) is 114 cm³/mol. The Morgan fingerprint density at radius 2 is 1.73 bits per heavy atom. The summed E-state index contributed by atoms with van der Waals surface area (Å²) in [6.45, 7) is 0. The maximum Gasteiger partial charge on any atom is 0.259 e. The van der Waals surface area contributed by atoms with Gasteiger partial charge in [0.25, 0.3) is 17.1 Å². The van der Waals surface area contributed by atoms with E-state index in [0.29, 0.717) is 26.9 Å². The molecule has 0 aliphatic heterocycles. The molecule has 0 bridgehead atoms. The lowest BCUT2D eigenvalue weighted by molar-refractivity contribution is -0.129. The summed E-state index contributed by atoms with van der Waals surface area (Å²) in [5.74, 6) is -2.22. The van der Waals surface area contributed by atoms with E-state index in [1.165, 1.54) is 0 Å². The first-order chi connectivity index (χ1) is 14.4. The van der Waals surface area contributed by atoms with Crippen LogP contribution in [0.2, 0.25) is 5.02 Å². The van der Waals surface area contributed by atoms with Crippen molar-refractivity contribution in [3.8, 4) is 5.88 Å². The van der Waals surface area contributed by atoms with Crippen molar-refractivity contribution in [1.82, 2.24) is 4.98 Å². The number of rotatable bonds is 2. The van der Waals surface area contributed by atoms with Crippen LogP contribution in [-0.2, 0) is 9.59 Å². The minimum atomic E-state index is -0.981. The molecule has 1 aliphatic carbocycles. The summed E-state index contributed by atoms with van der Waals surface area (Å²) < 4.78 is 0. The maximum atomic E-state index is 12.9. The highest BCUT2D eigenvalue weighted by molar-refractivity contribution is 6.76. The van der Waals surface area contributed by atoms with Crippen molar-refractivity contribution in [2.75, 3.05) is 5.32 Å². The Morgan fingerprint density at radius 3 is 2.50 bits per heavy atom. The summed E-state index contributed by atoms with van der Waals surface area (Å²) in [5, 5.41) is 23.3. The van der Waals surface area contributed by atoms with Crippen molar-refractivity contribution in [2.24, 2.45) is 0 Å². The number of aromatic nitrogens is 1. The molecular weight excluding hydrogens is 406 g/mol. The lowest BCUT2D eigenvalue weighted by atomic mass is 9.87. The Bertz CT molecular complexity index is 1570. The van der Waals surface area contributed by atoms with Crippen molar-refractivity contribution < 1.29 is 14.7 Å². The van der Waals surface area contributed by atoms with Gasteiger partial charge in [0.05, 0.1) is 21.8 Å². The monoisotopic (exact) mass is 417 g/mol. The van der Waals surface area contributed by atoms with Crippen LogP contribution < -0.4 is 16.1 Å². The van der Waals surface area contributed by atoms with Crippen molar-refractivity contribution in [3.63, 3.8) is 0 Å². The number of carbonyl (C=O) groups excluding carboxylic acids is 2. The van der Waals surface area contributed by atoms with Gasteiger partial charge in [0, 0.05) is 21.6 Å². The van der Waals surface area contributed by atoms with Gasteiger partial charge in [-0.25, -0.2) is 0 Å². The molecule has 8 heteroatoms. The Hall–Kier alpha value is -3.97. The summed E-state index contributed by atoms with van der Waals surface area (Å²) in [6, 6.07) is 13.3. The predicted octanol–water partition coefficient (Wildman–Crippen LogP) is 2.50. The van der Waals surface area contributed by atoms with Gasteiger partial charge >= 0.3 is 0 Å². The van der Waals surface area contributed by atoms with Crippen molar-refractivity contribution in [3.05, 3.63) is 74.7 Å². The number of aromatic hydroxyl groups is 1. The van der Waals surface area contributed by atoms with Crippen LogP contribution in [0.1, 0.15) is 5.56 Å². The van der Waals surface area contributed by atoms with Crippen LogP contribution in [0.5, 0.6) is 5.88 Å². The van der Waals surface area contributed by atoms with E-state index in [0.717, 1.165) is 0 Å². The minimum Gasteiger partial charge on any atom is -0.494 e. The minimum absolute atomic E-state index is 0.107. The highest BCUT2D eigenvalue weighted by atomic mass is 35.5. The van der Waals surface area contributed by atoms with E-state index < -0.39 is 22.8 Å². The zero-order chi connectivity index (χ0) is 21.2. The summed E-state index contributed by atoms with van der Waals surface area (Å²) in [7, 11) is 0. The van der Waals surface area contributed by atoms with Crippen molar-refractivity contribution in [1.29, 1.82) is 5.41 Å². The molecule has 30 heavy (non-hydrogen) atoms. The van der Waals surface area contributed by atoms with E-state index >= 15 is 0 Å². The van der Waals surface area contributed by atoms with Gasteiger partial charge in [0.15, 0.2) is 5.88 Å². The van der Waals surface area contributed by atoms with Gasteiger partial charge in [-0.05, 0) is 29.7 Å². The Balaban J connectivity index is 2.03. The summed E-state index contributed by atoms with van der Waals surface area (Å²) in [6.07, 6.45) is 0. The third kappa shape index (κ3) is 2.39. The number of aromatic amines is 1. The molecule has 0 unspecified atom stereocenters. The average molecular weight is 418 g/mol. The molecule has 0 saturated heterocycles. The van der Waals surface area contributed by atoms with Gasteiger partial charge in [0.1, 0.15) is 5.71 Å². The molecule has 1 aromatic heterocycles. The third-order valence-corrected chi connectivity index (χ3v) is 5.52. The molecule has 0 saturated carbocycles. The number of hydrogen-bond donors (Lipinski definition) is 4. The fourth-order valence-corrected chi connectivity index (χ4v) is 4.04. The van der Waals surface area contributed by atoms with Gasteiger partial charge in [-0.3, -0.25) is 24.8 Å². The molecule has 4 N–H and O–H groups in total. The smallest absolute Gasteiger partial charge is 0.259 e. The summed E-state index contributed by atoms with van der Waals surface area (Å²) in [4.78, 5) is 40.7. The van der Waals surface area contributed by atoms with Crippen LogP contribution in [0.3, 0.4) is 0 Å². The molecule has 1 heterocycles. The maximum absolute atomic E-state index is 12.9. The van der Waals surface area contributed by atoms with Crippen molar-refractivity contribution in [2.45, 2.75) is 0 Å². The molecule has 4 aromatic rings. The number of para-hydroxylation sites is 1. The van der Waals surface area contributed by atoms with E-state index in [2.05, 4.69) is 10.3 Å². The SMILES string of the molecule is N=C1C(=O)C(=O)C(Nc2ccccc2Cl)=c2c1cc1cccc3c(O)[nH]c(=O)c2c13. The zero-order valence-electron chi connectivity index (χ0n) is 15.2. The number of ketones is 2. The van der Waals surface area contributed by atoms with Crippen LogP contribution in [-0.4, -0.2) is 27.4 Å². The molecule has 0 amide bonds. The van der Waals surface area contributed by atoms with E-state index in [4.69, 9.17) is 17.0 Å². The highest BCUT2D eigenvalue weighted by Gasteiger charge is 2.33. The first-order valence-corrected chi connectivity index (χ1v) is 9.30. The largest absolute Gasteiger partial charge is 0.494 e. The molecule has 1 aliphatic rings. The van der Waals surface area contributed by atoms with Crippen LogP contribution in [0.15, 0.2) is 53.3 Å². The van der Waals surface area contributed by atoms with Crippen LogP contribution in [0.4, 0.5) is 5.69 Å². The number of hydrogen-bond acceptors (Lipinski definition) is 6. The Kier molecular flexibility index (Phi) is 3.78.